The van der Waals surface area contributed by atoms with Crippen LogP contribution >= 0.6 is 0 Å². The van der Waals surface area contributed by atoms with Gasteiger partial charge in [0.15, 0.2) is 0 Å². The van der Waals surface area contributed by atoms with Crippen molar-refractivity contribution in [2.45, 2.75) is 6.18 Å². The number of benzene rings is 1. The standard InChI is InChI=1S/C16H16F3N3O/c17-16(18,19)12-1-6-15(20-11-12)22-9-7-21(8-10-22)13-2-4-14(23)5-3-13/h1-6,11,23H,7-10H2. The largest absolute Gasteiger partial charge is 0.508 e. The number of phenolic OH excluding ortho intramolecular Hbond substituents is 1. The van der Waals surface area contributed by atoms with Crippen molar-refractivity contribution >= 4 is 11.5 Å². The Balaban J connectivity index is 1.63. The van der Waals surface area contributed by atoms with Crippen LogP contribution in [0.4, 0.5) is 24.7 Å². The fourth-order valence-electron chi connectivity index (χ4n) is 2.60. The molecule has 1 N–H and O–H groups in total. The minimum Gasteiger partial charge on any atom is -0.508 e. The molecule has 0 saturated carbocycles. The second-order valence-electron chi connectivity index (χ2n) is 5.39. The lowest BCUT2D eigenvalue weighted by Gasteiger charge is -2.36. The summed E-state index contributed by atoms with van der Waals surface area (Å²) >= 11 is 0. The van der Waals surface area contributed by atoms with E-state index < -0.39 is 11.7 Å². The van der Waals surface area contributed by atoms with Gasteiger partial charge in [-0.25, -0.2) is 4.98 Å². The highest BCUT2D eigenvalue weighted by molar-refractivity contribution is 5.51. The van der Waals surface area contributed by atoms with Crippen LogP contribution in [0, 0.1) is 0 Å². The number of piperazine rings is 1. The predicted molar refractivity (Wildman–Crippen MR) is 81.8 cm³/mol. The van der Waals surface area contributed by atoms with Crippen LogP contribution in [0.15, 0.2) is 42.6 Å². The molecule has 23 heavy (non-hydrogen) atoms. The molecule has 0 amide bonds. The van der Waals surface area contributed by atoms with Crippen LogP contribution < -0.4 is 9.80 Å². The number of aromatic hydroxyl groups is 1. The number of rotatable bonds is 2. The number of alkyl halides is 3. The molecule has 0 aliphatic carbocycles. The number of pyridine rings is 1. The van der Waals surface area contributed by atoms with Crippen LogP contribution in [0.25, 0.3) is 0 Å². The summed E-state index contributed by atoms with van der Waals surface area (Å²) in [6, 6.07) is 9.45. The zero-order valence-electron chi connectivity index (χ0n) is 12.3. The van der Waals surface area contributed by atoms with Gasteiger partial charge in [-0.2, -0.15) is 13.2 Å². The molecule has 3 rings (SSSR count). The van der Waals surface area contributed by atoms with Gasteiger partial charge in [0.05, 0.1) is 5.56 Å². The van der Waals surface area contributed by atoms with Crippen molar-refractivity contribution in [3.05, 3.63) is 48.2 Å². The van der Waals surface area contributed by atoms with Crippen LogP contribution in [0.2, 0.25) is 0 Å². The highest BCUT2D eigenvalue weighted by atomic mass is 19.4. The topological polar surface area (TPSA) is 39.6 Å². The lowest BCUT2D eigenvalue weighted by molar-refractivity contribution is -0.137. The van der Waals surface area contributed by atoms with Gasteiger partial charge < -0.3 is 14.9 Å². The van der Waals surface area contributed by atoms with E-state index in [2.05, 4.69) is 9.88 Å². The zero-order chi connectivity index (χ0) is 16.4. The molecule has 1 saturated heterocycles. The van der Waals surface area contributed by atoms with Gasteiger partial charge in [-0.15, -0.1) is 0 Å². The molecule has 0 spiro atoms. The van der Waals surface area contributed by atoms with Crippen LogP contribution in [0.3, 0.4) is 0 Å². The summed E-state index contributed by atoms with van der Waals surface area (Å²) in [5.74, 6) is 0.782. The fourth-order valence-corrected chi connectivity index (χ4v) is 2.60. The van der Waals surface area contributed by atoms with Crippen LogP contribution in [-0.4, -0.2) is 36.3 Å². The molecule has 0 atom stereocenters. The van der Waals surface area contributed by atoms with Crippen molar-refractivity contribution in [1.29, 1.82) is 0 Å². The maximum atomic E-state index is 12.6. The molecule has 2 heterocycles. The van der Waals surface area contributed by atoms with Crippen molar-refractivity contribution in [1.82, 2.24) is 4.98 Å². The van der Waals surface area contributed by atoms with Gasteiger partial charge in [0.1, 0.15) is 11.6 Å². The summed E-state index contributed by atoms with van der Waals surface area (Å²) in [4.78, 5) is 8.07. The Morgan fingerprint density at radius 1 is 0.870 bits per heavy atom. The SMILES string of the molecule is Oc1ccc(N2CCN(c3ccc(C(F)(F)F)cn3)CC2)cc1. The summed E-state index contributed by atoms with van der Waals surface area (Å²) in [7, 11) is 0. The Kier molecular flexibility index (Phi) is 4.02. The Morgan fingerprint density at radius 2 is 1.48 bits per heavy atom. The number of hydrogen-bond donors (Lipinski definition) is 1. The van der Waals surface area contributed by atoms with E-state index >= 15 is 0 Å². The van der Waals surface area contributed by atoms with Gasteiger partial charge in [0, 0.05) is 38.1 Å². The average molecular weight is 323 g/mol. The van der Waals surface area contributed by atoms with Crippen molar-refractivity contribution in [2.75, 3.05) is 36.0 Å². The molecular weight excluding hydrogens is 307 g/mol. The molecule has 1 aromatic carbocycles. The van der Waals surface area contributed by atoms with Crippen LogP contribution in [0.1, 0.15) is 5.56 Å². The molecule has 4 nitrogen and oxygen atoms in total. The maximum Gasteiger partial charge on any atom is 0.417 e. The third-order valence-corrected chi connectivity index (χ3v) is 3.89. The molecule has 1 aliphatic rings. The molecule has 0 radical (unpaired) electrons. The van der Waals surface area contributed by atoms with Crippen LogP contribution in [-0.2, 0) is 6.18 Å². The third kappa shape index (κ3) is 3.49. The Hall–Kier alpha value is -2.44. The number of nitrogens with zero attached hydrogens (tertiary/aromatic N) is 3. The van der Waals surface area contributed by atoms with Crippen molar-refractivity contribution in [2.24, 2.45) is 0 Å². The molecule has 122 valence electrons. The minimum atomic E-state index is -4.36. The lowest BCUT2D eigenvalue weighted by Crippen LogP contribution is -2.46. The van der Waals surface area contributed by atoms with E-state index in [0.29, 0.717) is 18.9 Å². The van der Waals surface area contributed by atoms with E-state index in [1.54, 1.807) is 12.1 Å². The van der Waals surface area contributed by atoms with E-state index in [1.807, 2.05) is 17.0 Å². The number of phenols is 1. The van der Waals surface area contributed by atoms with E-state index in [-0.39, 0.29) is 5.75 Å². The molecule has 1 aliphatic heterocycles. The lowest BCUT2D eigenvalue weighted by atomic mass is 10.2. The minimum absolute atomic E-state index is 0.223. The maximum absolute atomic E-state index is 12.6. The Bertz CT molecular complexity index is 648. The fraction of sp³-hybridized carbons (Fsp3) is 0.312. The first kappa shape index (κ1) is 15.5. The van der Waals surface area contributed by atoms with Gasteiger partial charge in [-0.1, -0.05) is 0 Å². The normalized spacial score (nSPS) is 15.8. The van der Waals surface area contributed by atoms with Crippen LogP contribution in [0.5, 0.6) is 5.75 Å². The van der Waals surface area contributed by atoms with E-state index in [1.165, 1.54) is 6.07 Å². The molecule has 1 aromatic heterocycles. The first-order chi connectivity index (χ1) is 10.9. The van der Waals surface area contributed by atoms with Gasteiger partial charge >= 0.3 is 6.18 Å². The second-order valence-corrected chi connectivity index (χ2v) is 5.39. The Labute approximate surface area is 131 Å². The smallest absolute Gasteiger partial charge is 0.417 e. The van der Waals surface area contributed by atoms with Crippen molar-refractivity contribution in [3.8, 4) is 5.75 Å². The number of halogens is 3. The van der Waals surface area contributed by atoms with Gasteiger partial charge in [0.25, 0.3) is 0 Å². The number of aromatic nitrogens is 1. The highest BCUT2D eigenvalue weighted by Crippen LogP contribution is 2.29. The molecular formula is C16H16F3N3O. The molecule has 7 heteroatoms. The monoisotopic (exact) mass is 323 g/mol. The number of hydrogen-bond acceptors (Lipinski definition) is 4. The predicted octanol–water partition coefficient (Wildman–Crippen LogP) is 3.13. The summed E-state index contributed by atoms with van der Waals surface area (Å²) < 4.78 is 37.7. The third-order valence-electron chi connectivity index (χ3n) is 3.89. The first-order valence-corrected chi connectivity index (χ1v) is 7.26. The summed E-state index contributed by atoms with van der Waals surface area (Å²) in [5, 5.41) is 9.31. The molecule has 0 bridgehead atoms. The molecule has 2 aromatic rings. The summed E-state index contributed by atoms with van der Waals surface area (Å²) in [6.07, 6.45) is -3.48. The van der Waals surface area contributed by atoms with E-state index in [9.17, 15) is 18.3 Å². The van der Waals surface area contributed by atoms with Gasteiger partial charge in [-0.3, -0.25) is 0 Å². The highest BCUT2D eigenvalue weighted by Gasteiger charge is 2.31. The van der Waals surface area contributed by atoms with E-state index in [0.717, 1.165) is 31.0 Å². The van der Waals surface area contributed by atoms with Crippen molar-refractivity contribution < 1.29 is 18.3 Å². The van der Waals surface area contributed by atoms with Crippen molar-refractivity contribution in [3.63, 3.8) is 0 Å². The molecule has 0 unspecified atom stereocenters. The molecule has 1 fully saturated rings. The second kappa shape index (κ2) is 5.98. The first-order valence-electron chi connectivity index (χ1n) is 7.26. The summed E-state index contributed by atoms with van der Waals surface area (Å²) in [6.45, 7) is 2.85. The van der Waals surface area contributed by atoms with E-state index in [4.69, 9.17) is 0 Å². The number of anilines is 2. The van der Waals surface area contributed by atoms with Gasteiger partial charge in [-0.05, 0) is 36.4 Å². The Morgan fingerprint density at radius 3 is 2.00 bits per heavy atom. The average Bonchev–Trinajstić information content (AvgIpc) is 2.55. The zero-order valence-corrected chi connectivity index (χ0v) is 12.3. The quantitative estimate of drug-likeness (QED) is 0.922. The van der Waals surface area contributed by atoms with Gasteiger partial charge in [0.2, 0.25) is 0 Å². The summed E-state index contributed by atoms with van der Waals surface area (Å²) in [5.41, 5.74) is 0.284.